The van der Waals surface area contributed by atoms with E-state index < -0.39 is 38.8 Å². The number of esters is 1. The van der Waals surface area contributed by atoms with E-state index in [0.717, 1.165) is 44.1 Å². The van der Waals surface area contributed by atoms with E-state index in [0.29, 0.717) is 6.42 Å². The van der Waals surface area contributed by atoms with E-state index in [1.807, 2.05) is 6.92 Å². The number of allylic oxidation sites excluding steroid dienone is 3. The maximum Gasteiger partial charge on any atom is 0.313 e. The van der Waals surface area contributed by atoms with Crippen molar-refractivity contribution in [1.82, 2.24) is 0 Å². The number of rotatable bonds is 1. The molecule has 1 N–H and O–H groups in total. The second-order valence-corrected chi connectivity index (χ2v) is 15.1. The van der Waals surface area contributed by atoms with Crippen LogP contribution in [0.3, 0.4) is 0 Å². The lowest BCUT2D eigenvalue weighted by molar-refractivity contribution is -0.207. The maximum absolute atomic E-state index is 14.6. The number of nitriles is 1. The first-order chi connectivity index (χ1) is 17.5. The lowest BCUT2D eigenvalue weighted by Crippen LogP contribution is -2.72. The zero-order valence-corrected chi connectivity index (χ0v) is 23.9. The summed E-state index contributed by atoms with van der Waals surface area (Å²) < 4.78 is 6.45. The summed E-state index contributed by atoms with van der Waals surface area (Å²) in [6.07, 6.45) is 7.91. The van der Waals surface area contributed by atoms with Crippen LogP contribution in [0.25, 0.3) is 0 Å². The summed E-state index contributed by atoms with van der Waals surface area (Å²) in [6.45, 7) is 14.3. The average molecular weight is 520 g/mol. The molecule has 4 fully saturated rings. The van der Waals surface area contributed by atoms with Crippen LogP contribution in [0.15, 0.2) is 23.3 Å². The summed E-state index contributed by atoms with van der Waals surface area (Å²) in [5, 5.41) is 20.9. The lowest BCUT2D eigenvalue weighted by Gasteiger charge is -2.69. The minimum Gasteiger partial charge on any atom is -0.449 e. The summed E-state index contributed by atoms with van der Waals surface area (Å²) in [5.41, 5.74) is -3.77. The normalized spacial score (nSPS) is 51.3. The first-order valence-corrected chi connectivity index (χ1v) is 14.4. The van der Waals surface area contributed by atoms with E-state index in [-0.39, 0.29) is 40.4 Å². The van der Waals surface area contributed by atoms with Crippen molar-refractivity contribution in [3.63, 3.8) is 0 Å². The molecule has 0 aromatic carbocycles. The van der Waals surface area contributed by atoms with Crippen molar-refractivity contribution in [3.05, 3.63) is 23.3 Å². The Morgan fingerprint density at radius 1 is 1.00 bits per heavy atom. The number of carbonyl (C=O) groups excluding carboxylic acids is 3. The van der Waals surface area contributed by atoms with Crippen molar-refractivity contribution in [3.8, 4) is 6.07 Å². The molecule has 6 nitrogen and oxygen atoms in total. The van der Waals surface area contributed by atoms with Gasteiger partial charge in [-0.1, -0.05) is 40.7 Å². The molecule has 6 heteroatoms. The number of fused-ring (bicyclic) bond motifs is 4. The second-order valence-electron chi connectivity index (χ2n) is 15.1. The summed E-state index contributed by atoms with van der Waals surface area (Å²) in [6, 6.07) is 2.10. The number of nitrogens with zero attached hydrogens (tertiary/aromatic N) is 1. The third-order valence-electron chi connectivity index (χ3n) is 13.3. The molecule has 9 atom stereocenters. The molecule has 2 unspecified atom stereocenters. The van der Waals surface area contributed by atoms with E-state index in [1.165, 1.54) is 0 Å². The molecule has 0 aromatic heterocycles. The third kappa shape index (κ3) is 2.48. The highest BCUT2D eigenvalue weighted by molar-refractivity contribution is 6.07. The van der Waals surface area contributed by atoms with Gasteiger partial charge in [0.25, 0.3) is 0 Å². The molecule has 6 rings (SSSR count). The molecule has 6 aliphatic rings. The van der Waals surface area contributed by atoms with Gasteiger partial charge in [0, 0.05) is 16.7 Å². The Hall–Kier alpha value is -2.26. The molecule has 1 aliphatic heterocycles. The number of carbonyl (C=O) groups is 3. The van der Waals surface area contributed by atoms with Gasteiger partial charge in [0.2, 0.25) is 0 Å². The van der Waals surface area contributed by atoms with Crippen molar-refractivity contribution >= 4 is 17.5 Å². The molecule has 0 radical (unpaired) electrons. The van der Waals surface area contributed by atoms with E-state index in [9.17, 15) is 24.8 Å². The van der Waals surface area contributed by atoms with Gasteiger partial charge in [-0.15, -0.1) is 0 Å². The number of hydrogen-bond acceptors (Lipinski definition) is 6. The summed E-state index contributed by atoms with van der Waals surface area (Å²) in [5.74, 6) is -1.05. The number of aliphatic hydroxyl groups is 1. The summed E-state index contributed by atoms with van der Waals surface area (Å²) >= 11 is 0. The van der Waals surface area contributed by atoms with Gasteiger partial charge in [-0.25, -0.2) is 0 Å². The van der Waals surface area contributed by atoms with Crippen molar-refractivity contribution in [1.29, 1.82) is 5.26 Å². The van der Waals surface area contributed by atoms with Crippen LogP contribution in [0.5, 0.6) is 0 Å². The van der Waals surface area contributed by atoms with Crippen LogP contribution >= 0.6 is 0 Å². The molecule has 1 spiro atoms. The molecule has 3 saturated carbocycles. The van der Waals surface area contributed by atoms with Crippen LogP contribution < -0.4 is 0 Å². The van der Waals surface area contributed by atoms with Crippen molar-refractivity contribution in [2.45, 2.75) is 105 Å². The summed E-state index contributed by atoms with van der Waals surface area (Å²) in [4.78, 5) is 41.8. The standard InChI is InChI=1S/C32H41NO5/c1-18(34)30(7)20-8-9-28(5)21(27(20,4)15-19(17-33)24(30)36)14-23(35)32-22-16-26(2,3)10-12-31(22,25(37)38-32)13-11-29(28,32)6/h14-15,18,20,22,34H,8-13,16H2,1-7H3/t18?,20-,22?,27+,28-,29+,30+,31+,32-/m1/s1. The number of hydrogen-bond donors (Lipinski definition) is 1. The molecule has 38 heavy (non-hydrogen) atoms. The van der Waals surface area contributed by atoms with Crippen LogP contribution in [0, 0.1) is 55.7 Å². The van der Waals surface area contributed by atoms with Crippen molar-refractivity contribution in [2.75, 3.05) is 0 Å². The summed E-state index contributed by atoms with van der Waals surface area (Å²) in [7, 11) is 0. The molecule has 1 saturated heterocycles. The fourth-order valence-electron chi connectivity index (χ4n) is 10.7. The third-order valence-corrected chi connectivity index (χ3v) is 13.3. The van der Waals surface area contributed by atoms with Crippen molar-refractivity contribution in [2.24, 2.45) is 44.3 Å². The number of Topliss-reactive ketones (excluding diaryl/α,β-unsaturated/α-hetero) is 1. The number of ether oxygens (including phenoxy) is 1. The van der Waals surface area contributed by atoms with Gasteiger partial charge in [-0.05, 0) is 87.2 Å². The molecule has 0 amide bonds. The largest absolute Gasteiger partial charge is 0.449 e. The molecule has 5 aliphatic carbocycles. The Kier molecular flexibility index (Phi) is 4.84. The second kappa shape index (κ2) is 7.08. The lowest BCUT2D eigenvalue weighted by atomic mass is 9.33. The predicted molar refractivity (Wildman–Crippen MR) is 140 cm³/mol. The maximum atomic E-state index is 14.6. The molecule has 1 heterocycles. The zero-order valence-electron chi connectivity index (χ0n) is 23.9. The molecular weight excluding hydrogens is 478 g/mol. The minimum absolute atomic E-state index is 0.0233. The Morgan fingerprint density at radius 2 is 1.66 bits per heavy atom. The number of ketones is 2. The van der Waals surface area contributed by atoms with Gasteiger partial charge in [-0.3, -0.25) is 14.4 Å². The van der Waals surface area contributed by atoms with Crippen LogP contribution in [0.4, 0.5) is 0 Å². The molecule has 0 aromatic rings. The van der Waals surface area contributed by atoms with Gasteiger partial charge < -0.3 is 9.84 Å². The quantitative estimate of drug-likeness (QED) is 0.475. The van der Waals surface area contributed by atoms with E-state index in [1.54, 1.807) is 26.0 Å². The Balaban J connectivity index is 1.60. The van der Waals surface area contributed by atoms with Gasteiger partial charge in [0.05, 0.1) is 22.5 Å². The Labute approximate surface area is 225 Å². The van der Waals surface area contributed by atoms with Gasteiger partial charge in [0.15, 0.2) is 17.2 Å². The highest BCUT2D eigenvalue weighted by Crippen LogP contribution is 2.78. The fraction of sp³-hybridized carbons (Fsp3) is 0.750. The van der Waals surface area contributed by atoms with Crippen LogP contribution in [-0.4, -0.2) is 34.3 Å². The monoisotopic (exact) mass is 519 g/mol. The van der Waals surface area contributed by atoms with E-state index >= 15 is 0 Å². The Morgan fingerprint density at radius 3 is 2.29 bits per heavy atom. The smallest absolute Gasteiger partial charge is 0.313 e. The van der Waals surface area contributed by atoms with Gasteiger partial charge in [-0.2, -0.15) is 5.26 Å². The first kappa shape index (κ1) is 26.0. The molecule has 2 bridgehead atoms. The highest BCUT2D eigenvalue weighted by Gasteiger charge is 2.82. The Bertz CT molecular complexity index is 1300. The average Bonchev–Trinajstić information content (AvgIpc) is 3.03. The minimum atomic E-state index is -1.19. The molecule has 204 valence electrons. The van der Waals surface area contributed by atoms with Gasteiger partial charge in [0.1, 0.15) is 6.07 Å². The molecular formula is C32H41NO5. The SMILES string of the molecule is CC(O)[C@]1(C)C(=O)C(C#N)=C[C@]2(C)C3=CC(=O)[C@]45OC(=O)[C@@]6(CCC(C)(C)CC64)CC[C@@]5(C)[C@]3(C)CC[C@@H]12. The van der Waals surface area contributed by atoms with Crippen LogP contribution in [0.2, 0.25) is 0 Å². The topological polar surface area (TPSA) is 104 Å². The number of aliphatic hydroxyl groups excluding tert-OH is 1. The van der Waals surface area contributed by atoms with Crippen molar-refractivity contribution < 1.29 is 24.2 Å². The predicted octanol–water partition coefficient (Wildman–Crippen LogP) is 5.25. The van der Waals surface area contributed by atoms with Gasteiger partial charge >= 0.3 is 5.97 Å². The fourth-order valence-corrected chi connectivity index (χ4v) is 10.7. The zero-order chi connectivity index (χ0) is 27.9. The highest BCUT2D eigenvalue weighted by atomic mass is 16.6. The first-order valence-electron chi connectivity index (χ1n) is 14.4. The van der Waals surface area contributed by atoms with Crippen LogP contribution in [0.1, 0.15) is 93.4 Å². The van der Waals surface area contributed by atoms with E-state index in [2.05, 4.69) is 33.8 Å². The van der Waals surface area contributed by atoms with E-state index in [4.69, 9.17) is 4.74 Å². The van der Waals surface area contributed by atoms with Crippen LogP contribution in [-0.2, 0) is 19.1 Å².